The van der Waals surface area contributed by atoms with Gasteiger partial charge in [0.05, 0.1) is 10.7 Å². The summed E-state index contributed by atoms with van der Waals surface area (Å²) < 4.78 is 14.5. The summed E-state index contributed by atoms with van der Waals surface area (Å²) in [4.78, 5) is 8.08. The lowest BCUT2D eigenvalue weighted by Gasteiger charge is -2.15. The van der Waals surface area contributed by atoms with Gasteiger partial charge in [-0.2, -0.15) is 0 Å². The number of pyridine rings is 2. The molecule has 3 rings (SSSR count). The highest BCUT2D eigenvalue weighted by molar-refractivity contribution is 6.35. The van der Waals surface area contributed by atoms with Crippen LogP contribution in [-0.4, -0.2) is 16.5 Å². The van der Waals surface area contributed by atoms with Crippen molar-refractivity contribution in [1.82, 2.24) is 9.97 Å². The fourth-order valence-electron chi connectivity index (χ4n) is 2.36. The standard InChI is InChI=1S/C17H15ClFN3/c1-11(12-4-7-20-8-5-12)10-22-15-3-2-13-14(18)6-9-21-17(13)16(15)19/h2-9,11,22H,10H2,1H3. The molecule has 3 nitrogen and oxygen atoms in total. The monoisotopic (exact) mass is 315 g/mol. The Morgan fingerprint density at radius 3 is 2.68 bits per heavy atom. The average Bonchev–Trinajstić information content (AvgIpc) is 2.55. The minimum absolute atomic E-state index is 0.241. The summed E-state index contributed by atoms with van der Waals surface area (Å²) in [5, 5.41) is 4.26. The number of hydrogen-bond acceptors (Lipinski definition) is 3. The quantitative estimate of drug-likeness (QED) is 0.762. The van der Waals surface area contributed by atoms with Gasteiger partial charge in [0.25, 0.3) is 0 Å². The highest BCUT2D eigenvalue weighted by Crippen LogP contribution is 2.28. The van der Waals surface area contributed by atoms with E-state index in [-0.39, 0.29) is 17.3 Å². The summed E-state index contributed by atoms with van der Waals surface area (Å²) in [7, 11) is 0. The van der Waals surface area contributed by atoms with E-state index >= 15 is 0 Å². The fraction of sp³-hybridized carbons (Fsp3) is 0.176. The van der Waals surface area contributed by atoms with Crippen molar-refractivity contribution in [2.24, 2.45) is 0 Å². The number of nitrogens with one attached hydrogen (secondary N) is 1. The lowest BCUT2D eigenvalue weighted by Crippen LogP contribution is -2.11. The summed E-state index contributed by atoms with van der Waals surface area (Å²) >= 11 is 6.06. The van der Waals surface area contributed by atoms with Crippen molar-refractivity contribution < 1.29 is 4.39 Å². The fourth-order valence-corrected chi connectivity index (χ4v) is 2.57. The molecular weight excluding hydrogens is 301 g/mol. The summed E-state index contributed by atoms with van der Waals surface area (Å²) in [6.07, 6.45) is 5.03. The Balaban J connectivity index is 1.81. The Bertz CT molecular complexity index is 793. The van der Waals surface area contributed by atoms with Gasteiger partial charge in [0.2, 0.25) is 0 Å². The molecule has 1 atom stereocenters. The Kier molecular flexibility index (Phi) is 4.20. The predicted octanol–water partition coefficient (Wildman–Crippen LogP) is 4.64. The Morgan fingerprint density at radius 1 is 1.14 bits per heavy atom. The van der Waals surface area contributed by atoms with Crippen LogP contribution in [0.2, 0.25) is 5.02 Å². The molecule has 0 spiro atoms. The minimum atomic E-state index is -0.373. The molecule has 2 heterocycles. The van der Waals surface area contributed by atoms with Gasteiger partial charge < -0.3 is 5.32 Å². The first-order chi connectivity index (χ1) is 10.7. The molecule has 1 aromatic carbocycles. The maximum Gasteiger partial charge on any atom is 0.172 e. The van der Waals surface area contributed by atoms with Gasteiger partial charge in [0.1, 0.15) is 5.52 Å². The van der Waals surface area contributed by atoms with Crippen LogP contribution in [0.3, 0.4) is 0 Å². The van der Waals surface area contributed by atoms with Gasteiger partial charge in [-0.15, -0.1) is 0 Å². The average molecular weight is 316 g/mol. The van der Waals surface area contributed by atoms with Crippen LogP contribution in [0.25, 0.3) is 10.9 Å². The van der Waals surface area contributed by atoms with Crippen LogP contribution in [0.15, 0.2) is 48.9 Å². The van der Waals surface area contributed by atoms with Crippen molar-refractivity contribution in [3.05, 3.63) is 65.3 Å². The van der Waals surface area contributed by atoms with Crippen molar-refractivity contribution in [2.45, 2.75) is 12.8 Å². The van der Waals surface area contributed by atoms with Crippen LogP contribution in [0.1, 0.15) is 18.4 Å². The summed E-state index contributed by atoms with van der Waals surface area (Å²) in [5.41, 5.74) is 1.88. The molecule has 3 aromatic rings. The van der Waals surface area contributed by atoms with E-state index in [0.29, 0.717) is 22.6 Å². The Morgan fingerprint density at radius 2 is 1.91 bits per heavy atom. The highest BCUT2D eigenvalue weighted by Gasteiger charge is 2.12. The molecule has 112 valence electrons. The van der Waals surface area contributed by atoms with E-state index in [1.165, 1.54) is 6.20 Å². The second kappa shape index (κ2) is 6.28. The van der Waals surface area contributed by atoms with Gasteiger partial charge in [-0.1, -0.05) is 18.5 Å². The third-order valence-corrected chi connectivity index (χ3v) is 4.00. The van der Waals surface area contributed by atoms with Gasteiger partial charge in [0.15, 0.2) is 5.82 Å². The molecule has 0 saturated heterocycles. The van der Waals surface area contributed by atoms with Crippen molar-refractivity contribution in [2.75, 3.05) is 11.9 Å². The SMILES string of the molecule is CC(CNc1ccc2c(Cl)ccnc2c1F)c1ccncc1. The molecule has 1 N–H and O–H groups in total. The third-order valence-electron chi connectivity index (χ3n) is 3.67. The summed E-state index contributed by atoms with van der Waals surface area (Å²) in [6, 6.07) is 9.06. The van der Waals surface area contributed by atoms with Crippen molar-refractivity contribution in [3.63, 3.8) is 0 Å². The predicted molar refractivity (Wildman–Crippen MR) is 87.9 cm³/mol. The second-order valence-corrected chi connectivity index (χ2v) is 5.59. The topological polar surface area (TPSA) is 37.8 Å². The maximum atomic E-state index is 14.5. The van der Waals surface area contributed by atoms with Gasteiger partial charge in [-0.3, -0.25) is 9.97 Å². The van der Waals surface area contributed by atoms with E-state index in [4.69, 9.17) is 11.6 Å². The first-order valence-electron chi connectivity index (χ1n) is 7.03. The van der Waals surface area contributed by atoms with Crippen LogP contribution >= 0.6 is 11.6 Å². The van der Waals surface area contributed by atoms with E-state index in [2.05, 4.69) is 22.2 Å². The van der Waals surface area contributed by atoms with Crippen LogP contribution in [0.4, 0.5) is 10.1 Å². The van der Waals surface area contributed by atoms with E-state index in [0.717, 1.165) is 5.56 Å². The smallest absolute Gasteiger partial charge is 0.172 e. The van der Waals surface area contributed by atoms with Crippen LogP contribution in [0.5, 0.6) is 0 Å². The largest absolute Gasteiger partial charge is 0.382 e. The zero-order valence-electron chi connectivity index (χ0n) is 12.1. The maximum absolute atomic E-state index is 14.5. The number of hydrogen-bond donors (Lipinski definition) is 1. The van der Waals surface area contributed by atoms with Gasteiger partial charge in [-0.25, -0.2) is 4.39 Å². The molecule has 0 fully saturated rings. The Hall–Kier alpha value is -2.20. The highest BCUT2D eigenvalue weighted by atomic mass is 35.5. The number of halogens is 2. The van der Waals surface area contributed by atoms with Crippen molar-refractivity contribution >= 4 is 28.2 Å². The van der Waals surface area contributed by atoms with Crippen molar-refractivity contribution in [3.8, 4) is 0 Å². The molecular formula is C17H15ClFN3. The molecule has 22 heavy (non-hydrogen) atoms. The van der Waals surface area contributed by atoms with Gasteiger partial charge in [0, 0.05) is 30.5 Å². The molecule has 5 heteroatoms. The van der Waals surface area contributed by atoms with E-state index < -0.39 is 0 Å². The first kappa shape index (κ1) is 14.7. The lowest BCUT2D eigenvalue weighted by atomic mass is 10.0. The molecule has 0 bridgehead atoms. The van der Waals surface area contributed by atoms with Crippen LogP contribution < -0.4 is 5.32 Å². The number of rotatable bonds is 4. The number of nitrogens with zero attached hydrogens (tertiary/aromatic N) is 2. The minimum Gasteiger partial charge on any atom is -0.382 e. The van der Waals surface area contributed by atoms with Crippen molar-refractivity contribution in [1.29, 1.82) is 0 Å². The first-order valence-corrected chi connectivity index (χ1v) is 7.41. The molecule has 0 aliphatic rings. The molecule has 1 unspecified atom stereocenters. The van der Waals surface area contributed by atoms with E-state index in [1.54, 1.807) is 30.6 Å². The normalized spacial score (nSPS) is 12.3. The zero-order chi connectivity index (χ0) is 15.5. The molecule has 0 amide bonds. The molecule has 2 aromatic heterocycles. The molecule has 0 radical (unpaired) electrons. The molecule has 0 saturated carbocycles. The number of fused-ring (bicyclic) bond motifs is 1. The zero-order valence-corrected chi connectivity index (χ0v) is 12.8. The number of anilines is 1. The molecule has 0 aliphatic carbocycles. The van der Waals surface area contributed by atoms with Gasteiger partial charge in [-0.05, 0) is 41.8 Å². The lowest BCUT2D eigenvalue weighted by molar-refractivity contribution is 0.637. The van der Waals surface area contributed by atoms with E-state index in [9.17, 15) is 4.39 Å². The van der Waals surface area contributed by atoms with Crippen LogP contribution in [-0.2, 0) is 0 Å². The summed E-state index contributed by atoms with van der Waals surface area (Å²) in [5.74, 6) is -0.132. The number of aromatic nitrogens is 2. The number of benzene rings is 1. The third kappa shape index (κ3) is 2.88. The summed E-state index contributed by atoms with van der Waals surface area (Å²) in [6.45, 7) is 2.70. The second-order valence-electron chi connectivity index (χ2n) is 5.18. The van der Waals surface area contributed by atoms with E-state index in [1.807, 2.05) is 12.1 Å². The van der Waals surface area contributed by atoms with Gasteiger partial charge >= 0.3 is 0 Å². The molecule has 0 aliphatic heterocycles. The van der Waals surface area contributed by atoms with Crippen LogP contribution in [0, 0.1) is 5.82 Å². The Labute approximate surface area is 133 Å².